The van der Waals surface area contributed by atoms with Gasteiger partial charge < -0.3 is 14.2 Å². The Bertz CT molecular complexity index is 1480. The molecule has 2 amide bonds. The van der Waals surface area contributed by atoms with Gasteiger partial charge in [0.1, 0.15) is 11.6 Å². The summed E-state index contributed by atoms with van der Waals surface area (Å²) in [6, 6.07) is 11.6. The molecule has 0 spiro atoms. The molecule has 0 saturated carbocycles. The van der Waals surface area contributed by atoms with Gasteiger partial charge in [-0.3, -0.25) is 19.6 Å². The molecule has 0 radical (unpaired) electrons. The van der Waals surface area contributed by atoms with Crippen LogP contribution >= 0.6 is 27.5 Å². The standard InChI is InChI=1S/C36H45BrClN5O3/c1-36(2,3)46-35(45)43-20-19-42(33-30-11-10-29(38)22-26(30)8-9-27-21-28(37)23-39-32(27)33)24-31(43)34(44)41-17-12-25(13-18-41)7-6-16-40-14-4-5-15-40/h4-5,10-11,14-15,21-23,25,31,33H,6-9,12-13,16-20,24H2,1-3H3. The van der Waals surface area contributed by atoms with E-state index >= 15 is 0 Å². The molecule has 2 unspecified atom stereocenters. The van der Waals surface area contributed by atoms with Gasteiger partial charge in [0, 0.05) is 67.4 Å². The van der Waals surface area contributed by atoms with E-state index in [0.717, 1.165) is 73.9 Å². The van der Waals surface area contributed by atoms with Gasteiger partial charge in [0.25, 0.3) is 0 Å². The Morgan fingerprint density at radius 1 is 1.02 bits per heavy atom. The number of fused-ring (bicyclic) bond motifs is 2. The third-order valence-corrected chi connectivity index (χ3v) is 10.3. The largest absolute Gasteiger partial charge is 0.444 e. The monoisotopic (exact) mass is 709 g/mol. The zero-order valence-electron chi connectivity index (χ0n) is 27.1. The van der Waals surface area contributed by atoms with E-state index in [0.29, 0.717) is 30.6 Å². The Morgan fingerprint density at radius 2 is 1.76 bits per heavy atom. The fourth-order valence-corrected chi connectivity index (χ4v) is 7.88. The number of hydrogen-bond acceptors (Lipinski definition) is 5. The van der Waals surface area contributed by atoms with Crippen molar-refractivity contribution in [1.82, 2.24) is 24.3 Å². The van der Waals surface area contributed by atoms with E-state index in [4.69, 9.17) is 21.3 Å². The number of halogens is 2. The first-order valence-corrected chi connectivity index (χ1v) is 17.8. The van der Waals surface area contributed by atoms with Crippen molar-refractivity contribution in [3.63, 3.8) is 0 Å². The molecule has 1 aromatic carbocycles. The number of carbonyl (C=O) groups is 2. The number of piperidine rings is 1. The van der Waals surface area contributed by atoms with Crippen molar-refractivity contribution in [2.45, 2.75) is 83.5 Å². The predicted octanol–water partition coefficient (Wildman–Crippen LogP) is 7.13. The highest BCUT2D eigenvalue weighted by molar-refractivity contribution is 9.10. The summed E-state index contributed by atoms with van der Waals surface area (Å²) in [7, 11) is 0. The van der Waals surface area contributed by atoms with Gasteiger partial charge >= 0.3 is 6.09 Å². The summed E-state index contributed by atoms with van der Waals surface area (Å²) in [6.45, 7) is 9.46. The lowest BCUT2D eigenvalue weighted by atomic mass is 9.91. The van der Waals surface area contributed by atoms with Crippen LogP contribution in [0.3, 0.4) is 0 Å². The second kappa shape index (κ2) is 14.1. The minimum absolute atomic E-state index is 0.00953. The zero-order valence-corrected chi connectivity index (χ0v) is 29.5. The maximum absolute atomic E-state index is 14.4. The minimum atomic E-state index is -0.656. The summed E-state index contributed by atoms with van der Waals surface area (Å²) >= 11 is 10.1. The highest BCUT2D eigenvalue weighted by Gasteiger charge is 2.43. The van der Waals surface area contributed by atoms with Crippen molar-refractivity contribution in [3.05, 3.63) is 86.9 Å². The Hall–Kier alpha value is -2.88. The SMILES string of the molecule is CC(C)(C)OC(=O)N1CCN(C2c3ccc(Cl)cc3CCc3cc(Br)cnc32)CC1C(=O)N1CCC(CCCn2cccc2)CC1. The number of benzene rings is 1. The van der Waals surface area contributed by atoms with Gasteiger partial charge in [0.05, 0.1) is 11.7 Å². The highest BCUT2D eigenvalue weighted by Crippen LogP contribution is 2.39. The maximum Gasteiger partial charge on any atom is 0.411 e. The second-order valence-electron chi connectivity index (χ2n) is 14.0. The summed E-state index contributed by atoms with van der Waals surface area (Å²) < 4.78 is 9.02. The van der Waals surface area contributed by atoms with Crippen LogP contribution < -0.4 is 0 Å². The molecule has 2 atom stereocenters. The third kappa shape index (κ3) is 7.63. The molecule has 2 aromatic heterocycles. The van der Waals surface area contributed by atoms with E-state index in [1.54, 1.807) is 4.90 Å². The van der Waals surface area contributed by atoms with Gasteiger partial charge in [-0.2, -0.15) is 0 Å². The smallest absolute Gasteiger partial charge is 0.411 e. The van der Waals surface area contributed by atoms with Crippen molar-refractivity contribution < 1.29 is 14.3 Å². The van der Waals surface area contributed by atoms with Gasteiger partial charge in [-0.05, 0) is 128 Å². The Labute approximate surface area is 286 Å². The van der Waals surface area contributed by atoms with E-state index in [1.807, 2.05) is 37.9 Å². The predicted molar refractivity (Wildman–Crippen MR) is 184 cm³/mol. The van der Waals surface area contributed by atoms with Crippen molar-refractivity contribution in [2.24, 2.45) is 5.92 Å². The molecule has 46 heavy (non-hydrogen) atoms. The van der Waals surface area contributed by atoms with E-state index in [9.17, 15) is 9.59 Å². The average molecular weight is 711 g/mol. The molecule has 3 aliphatic rings. The number of rotatable bonds is 6. The lowest BCUT2D eigenvalue weighted by molar-refractivity contribution is -0.141. The molecular formula is C36H45BrClN5O3. The van der Waals surface area contributed by atoms with Gasteiger partial charge in [-0.1, -0.05) is 17.7 Å². The molecule has 6 rings (SSSR count). The van der Waals surface area contributed by atoms with Crippen molar-refractivity contribution in [1.29, 1.82) is 0 Å². The number of carbonyl (C=O) groups excluding carboxylic acids is 2. The van der Waals surface area contributed by atoms with Gasteiger partial charge in [-0.25, -0.2) is 4.79 Å². The van der Waals surface area contributed by atoms with Gasteiger partial charge in [0.15, 0.2) is 0 Å². The third-order valence-electron chi connectivity index (χ3n) is 9.60. The topological polar surface area (TPSA) is 70.9 Å². The molecule has 10 heteroatoms. The van der Waals surface area contributed by atoms with E-state index < -0.39 is 17.7 Å². The molecule has 0 N–H and O–H groups in total. The number of ether oxygens (including phenoxy) is 1. The number of aryl methyl sites for hydroxylation is 3. The Balaban J connectivity index is 1.23. The van der Waals surface area contributed by atoms with Crippen molar-refractivity contribution in [2.75, 3.05) is 32.7 Å². The lowest BCUT2D eigenvalue weighted by Gasteiger charge is -2.45. The van der Waals surface area contributed by atoms with Crippen LogP contribution in [-0.4, -0.2) is 80.6 Å². The first-order chi connectivity index (χ1) is 22.1. The van der Waals surface area contributed by atoms with Crippen LogP contribution in [0.25, 0.3) is 0 Å². The number of likely N-dealkylation sites (tertiary alicyclic amines) is 1. The average Bonchev–Trinajstić information content (AvgIpc) is 3.49. The first-order valence-electron chi connectivity index (χ1n) is 16.6. The number of nitrogens with zero attached hydrogens (tertiary/aromatic N) is 5. The van der Waals surface area contributed by atoms with E-state index in [2.05, 4.69) is 68.1 Å². The van der Waals surface area contributed by atoms with Crippen LogP contribution in [-0.2, 0) is 28.9 Å². The molecule has 0 bridgehead atoms. The van der Waals surface area contributed by atoms with Crippen molar-refractivity contribution in [3.8, 4) is 0 Å². The highest BCUT2D eigenvalue weighted by atomic mass is 79.9. The molecule has 2 aliphatic heterocycles. The summed E-state index contributed by atoms with van der Waals surface area (Å²) in [5.41, 5.74) is 3.89. The Kier molecular flexibility index (Phi) is 10.1. The number of hydrogen-bond donors (Lipinski definition) is 0. The summed E-state index contributed by atoms with van der Waals surface area (Å²) in [6.07, 6.45) is 11.6. The number of aromatic nitrogens is 2. The molecule has 4 heterocycles. The Morgan fingerprint density at radius 3 is 2.50 bits per heavy atom. The minimum Gasteiger partial charge on any atom is -0.444 e. The quantitative estimate of drug-likeness (QED) is 0.273. The molecule has 246 valence electrons. The van der Waals surface area contributed by atoms with Crippen LogP contribution in [0.4, 0.5) is 4.79 Å². The lowest BCUT2D eigenvalue weighted by Crippen LogP contribution is -2.62. The first kappa shape index (κ1) is 33.0. The van der Waals surface area contributed by atoms with Crippen LogP contribution in [0, 0.1) is 5.92 Å². The van der Waals surface area contributed by atoms with Crippen LogP contribution in [0.2, 0.25) is 5.02 Å². The summed E-state index contributed by atoms with van der Waals surface area (Å²) in [5.74, 6) is 0.621. The fraction of sp³-hybridized carbons (Fsp3) is 0.528. The molecule has 2 fully saturated rings. The van der Waals surface area contributed by atoms with Crippen LogP contribution in [0.1, 0.15) is 74.9 Å². The van der Waals surface area contributed by atoms with E-state index in [-0.39, 0.29) is 11.9 Å². The molecule has 8 nitrogen and oxygen atoms in total. The van der Waals surface area contributed by atoms with E-state index in [1.165, 1.54) is 11.1 Å². The molecule has 1 aliphatic carbocycles. The molecular weight excluding hydrogens is 666 g/mol. The number of piperazine rings is 1. The fourth-order valence-electron chi connectivity index (χ4n) is 7.31. The van der Waals surface area contributed by atoms with Gasteiger partial charge in [0.2, 0.25) is 5.91 Å². The van der Waals surface area contributed by atoms with Crippen LogP contribution in [0.15, 0.2) is 59.5 Å². The van der Waals surface area contributed by atoms with Crippen LogP contribution in [0.5, 0.6) is 0 Å². The second-order valence-corrected chi connectivity index (χ2v) is 15.3. The number of pyridine rings is 1. The van der Waals surface area contributed by atoms with Gasteiger partial charge in [-0.15, -0.1) is 0 Å². The molecule has 2 saturated heterocycles. The molecule has 3 aromatic rings. The summed E-state index contributed by atoms with van der Waals surface area (Å²) in [5, 5.41) is 0.716. The number of amides is 2. The maximum atomic E-state index is 14.4. The normalized spacial score (nSPS) is 21.0. The zero-order chi connectivity index (χ0) is 32.4. The van der Waals surface area contributed by atoms with Crippen molar-refractivity contribution >= 4 is 39.5 Å². The summed E-state index contributed by atoms with van der Waals surface area (Å²) in [4.78, 5) is 38.9.